The van der Waals surface area contributed by atoms with Gasteiger partial charge < -0.3 is 24.6 Å². The number of aromatic hydroxyl groups is 1. The first-order chi connectivity index (χ1) is 12.9. The Balaban J connectivity index is 1.83. The molecule has 7 heteroatoms. The van der Waals surface area contributed by atoms with E-state index in [1.807, 2.05) is 24.3 Å². The van der Waals surface area contributed by atoms with E-state index in [1.54, 1.807) is 7.11 Å². The smallest absolute Gasteiger partial charge is 0.342 e. The van der Waals surface area contributed by atoms with Crippen molar-refractivity contribution in [3.8, 4) is 17.2 Å². The lowest BCUT2D eigenvalue weighted by Crippen LogP contribution is -2.36. The second-order valence-corrected chi connectivity index (χ2v) is 5.82. The van der Waals surface area contributed by atoms with Gasteiger partial charge >= 0.3 is 5.97 Å². The monoisotopic (exact) mass is 373 g/mol. The summed E-state index contributed by atoms with van der Waals surface area (Å²) < 4.78 is 15.2. The first-order valence-electron chi connectivity index (χ1n) is 8.43. The van der Waals surface area contributed by atoms with Gasteiger partial charge in [-0.15, -0.1) is 0 Å². The standard InChI is InChI=1S/C20H23NO6/c1-13(27-20(24)17-9-8-16(26-3)12-18(17)22)19(23)21-11-10-14-4-6-15(25-2)7-5-14/h4-9,12-13,22H,10-11H2,1-3H3,(H,21,23)/t13-/m0/s1. The maximum absolute atomic E-state index is 12.1. The third-order valence-electron chi connectivity index (χ3n) is 3.95. The molecule has 1 amide bonds. The van der Waals surface area contributed by atoms with E-state index >= 15 is 0 Å². The highest BCUT2D eigenvalue weighted by Crippen LogP contribution is 2.24. The Bertz CT molecular complexity index is 788. The number of carbonyl (C=O) groups is 2. The summed E-state index contributed by atoms with van der Waals surface area (Å²) in [4.78, 5) is 24.2. The lowest BCUT2D eigenvalue weighted by molar-refractivity contribution is -0.129. The molecule has 0 fully saturated rings. The van der Waals surface area contributed by atoms with Crippen LogP contribution in [0.2, 0.25) is 0 Å². The number of benzene rings is 2. The molecule has 2 aromatic carbocycles. The minimum Gasteiger partial charge on any atom is -0.507 e. The fraction of sp³-hybridized carbons (Fsp3) is 0.300. The van der Waals surface area contributed by atoms with E-state index in [4.69, 9.17) is 14.2 Å². The zero-order chi connectivity index (χ0) is 19.8. The first kappa shape index (κ1) is 20.1. The molecular formula is C20H23NO6. The number of rotatable bonds is 8. The average molecular weight is 373 g/mol. The van der Waals surface area contributed by atoms with Crippen molar-refractivity contribution < 1.29 is 28.9 Å². The van der Waals surface area contributed by atoms with Crippen molar-refractivity contribution in [1.29, 1.82) is 0 Å². The van der Waals surface area contributed by atoms with Gasteiger partial charge in [0.2, 0.25) is 0 Å². The van der Waals surface area contributed by atoms with E-state index in [-0.39, 0.29) is 11.3 Å². The normalized spacial score (nSPS) is 11.4. The van der Waals surface area contributed by atoms with Gasteiger partial charge in [0.05, 0.1) is 14.2 Å². The molecule has 2 aromatic rings. The fourth-order valence-electron chi connectivity index (χ4n) is 2.35. The Hall–Kier alpha value is -3.22. The number of methoxy groups -OCH3 is 2. The minimum absolute atomic E-state index is 0.0336. The zero-order valence-electron chi connectivity index (χ0n) is 15.5. The maximum Gasteiger partial charge on any atom is 0.342 e. The van der Waals surface area contributed by atoms with Crippen molar-refractivity contribution >= 4 is 11.9 Å². The van der Waals surface area contributed by atoms with Crippen LogP contribution in [0, 0.1) is 0 Å². The fourth-order valence-corrected chi connectivity index (χ4v) is 2.35. The highest BCUT2D eigenvalue weighted by molar-refractivity contribution is 5.94. The van der Waals surface area contributed by atoms with Crippen LogP contribution in [0.4, 0.5) is 0 Å². The Morgan fingerprint density at radius 1 is 1.04 bits per heavy atom. The zero-order valence-corrected chi connectivity index (χ0v) is 15.5. The van der Waals surface area contributed by atoms with Gasteiger partial charge in [0.25, 0.3) is 5.91 Å². The van der Waals surface area contributed by atoms with E-state index < -0.39 is 18.0 Å². The molecule has 0 aromatic heterocycles. The SMILES string of the molecule is COc1ccc(CCNC(=O)[C@H](C)OC(=O)c2ccc(OC)cc2O)cc1. The van der Waals surface area contributed by atoms with E-state index in [0.717, 1.165) is 11.3 Å². The van der Waals surface area contributed by atoms with Gasteiger partial charge in [-0.3, -0.25) is 4.79 Å². The molecule has 1 atom stereocenters. The summed E-state index contributed by atoms with van der Waals surface area (Å²) in [5, 5.41) is 12.6. The molecule has 0 aliphatic rings. The van der Waals surface area contributed by atoms with Crippen molar-refractivity contribution in [2.24, 2.45) is 0 Å². The van der Waals surface area contributed by atoms with Gasteiger partial charge in [0.15, 0.2) is 6.10 Å². The molecule has 0 aliphatic heterocycles. The number of hydrogen-bond acceptors (Lipinski definition) is 6. The molecule has 0 heterocycles. The van der Waals surface area contributed by atoms with E-state index in [1.165, 1.54) is 32.2 Å². The summed E-state index contributed by atoms with van der Waals surface area (Å²) in [5.74, 6) is -0.289. The molecule has 7 nitrogen and oxygen atoms in total. The van der Waals surface area contributed by atoms with Crippen LogP contribution in [0.25, 0.3) is 0 Å². The molecule has 0 radical (unpaired) electrons. The summed E-state index contributed by atoms with van der Waals surface area (Å²) in [7, 11) is 3.05. The first-order valence-corrected chi connectivity index (χ1v) is 8.43. The van der Waals surface area contributed by atoms with E-state index in [9.17, 15) is 14.7 Å². The lowest BCUT2D eigenvalue weighted by Gasteiger charge is -2.14. The Morgan fingerprint density at radius 3 is 2.26 bits per heavy atom. The van der Waals surface area contributed by atoms with Crippen LogP contribution in [0.3, 0.4) is 0 Å². The summed E-state index contributed by atoms with van der Waals surface area (Å²) in [6.07, 6.45) is -0.356. The minimum atomic E-state index is -0.991. The summed E-state index contributed by atoms with van der Waals surface area (Å²) >= 11 is 0. The van der Waals surface area contributed by atoms with Crippen molar-refractivity contribution in [2.45, 2.75) is 19.4 Å². The predicted octanol–water partition coefficient (Wildman–Crippen LogP) is 2.31. The Labute approximate surface area is 157 Å². The average Bonchev–Trinajstić information content (AvgIpc) is 2.68. The van der Waals surface area contributed by atoms with Crippen LogP contribution >= 0.6 is 0 Å². The number of amides is 1. The number of hydrogen-bond donors (Lipinski definition) is 2. The molecular weight excluding hydrogens is 350 g/mol. The van der Waals surface area contributed by atoms with Gasteiger partial charge in [-0.2, -0.15) is 0 Å². The van der Waals surface area contributed by atoms with Crippen LogP contribution < -0.4 is 14.8 Å². The van der Waals surface area contributed by atoms with Gasteiger partial charge in [0, 0.05) is 12.6 Å². The largest absolute Gasteiger partial charge is 0.507 e. The number of ether oxygens (including phenoxy) is 3. The van der Waals surface area contributed by atoms with E-state index in [2.05, 4.69) is 5.32 Å². The molecule has 0 bridgehead atoms. The highest BCUT2D eigenvalue weighted by atomic mass is 16.5. The lowest BCUT2D eigenvalue weighted by atomic mass is 10.1. The molecule has 27 heavy (non-hydrogen) atoms. The number of esters is 1. The molecule has 0 saturated heterocycles. The van der Waals surface area contributed by atoms with Gasteiger partial charge in [0.1, 0.15) is 22.8 Å². The predicted molar refractivity (Wildman–Crippen MR) is 99.2 cm³/mol. The quantitative estimate of drug-likeness (QED) is 0.690. The molecule has 0 saturated carbocycles. The van der Waals surface area contributed by atoms with Crippen molar-refractivity contribution in [3.63, 3.8) is 0 Å². The third-order valence-corrected chi connectivity index (χ3v) is 3.95. The van der Waals surface area contributed by atoms with Gasteiger partial charge in [-0.05, 0) is 43.2 Å². The second kappa shape index (κ2) is 9.47. The molecule has 2 N–H and O–H groups in total. The van der Waals surface area contributed by atoms with Gasteiger partial charge in [-0.1, -0.05) is 12.1 Å². The Morgan fingerprint density at radius 2 is 1.67 bits per heavy atom. The molecule has 0 spiro atoms. The van der Waals surface area contributed by atoms with Crippen LogP contribution in [0.15, 0.2) is 42.5 Å². The number of carbonyl (C=O) groups excluding carboxylic acids is 2. The number of phenolic OH excluding ortho intramolecular Hbond substituents is 1. The molecule has 144 valence electrons. The summed E-state index contributed by atoms with van der Waals surface area (Å²) in [6, 6.07) is 11.7. The molecule has 0 unspecified atom stereocenters. The molecule has 2 rings (SSSR count). The Kier molecular flexibility index (Phi) is 7.05. The van der Waals surface area contributed by atoms with Gasteiger partial charge in [-0.25, -0.2) is 4.79 Å². The summed E-state index contributed by atoms with van der Waals surface area (Å²) in [6.45, 7) is 1.88. The van der Waals surface area contributed by atoms with Crippen LogP contribution in [0.5, 0.6) is 17.2 Å². The summed E-state index contributed by atoms with van der Waals surface area (Å²) in [5.41, 5.74) is 1.01. The molecule has 0 aliphatic carbocycles. The van der Waals surface area contributed by atoms with Crippen LogP contribution in [-0.4, -0.2) is 43.9 Å². The second-order valence-electron chi connectivity index (χ2n) is 5.82. The van der Waals surface area contributed by atoms with Crippen molar-refractivity contribution in [2.75, 3.05) is 20.8 Å². The topological polar surface area (TPSA) is 94.1 Å². The third kappa shape index (κ3) is 5.64. The maximum atomic E-state index is 12.1. The number of nitrogens with one attached hydrogen (secondary N) is 1. The van der Waals surface area contributed by atoms with Crippen molar-refractivity contribution in [1.82, 2.24) is 5.32 Å². The van der Waals surface area contributed by atoms with Crippen LogP contribution in [0.1, 0.15) is 22.8 Å². The number of phenols is 1. The van der Waals surface area contributed by atoms with E-state index in [0.29, 0.717) is 18.7 Å². The van der Waals surface area contributed by atoms with Crippen LogP contribution in [-0.2, 0) is 16.0 Å². The van der Waals surface area contributed by atoms with Crippen molar-refractivity contribution in [3.05, 3.63) is 53.6 Å². The highest BCUT2D eigenvalue weighted by Gasteiger charge is 2.21.